The molecule has 0 bridgehead atoms. The minimum Gasteiger partial charge on any atom is -0.309 e. The van der Waals surface area contributed by atoms with Crippen molar-refractivity contribution in [2.75, 3.05) is 7.05 Å². The van der Waals surface area contributed by atoms with Gasteiger partial charge < -0.3 is 5.32 Å². The number of halogens is 5. The third kappa shape index (κ3) is 7.71. The number of aromatic nitrogens is 2. The molecule has 0 radical (unpaired) electrons. The third-order valence-electron chi connectivity index (χ3n) is 6.90. The van der Waals surface area contributed by atoms with E-state index in [9.17, 15) is 18.0 Å². The molecule has 5 nitrogen and oxygen atoms in total. The first-order chi connectivity index (χ1) is 20.9. The number of hydrogen-bond acceptors (Lipinski definition) is 3. The average Bonchev–Trinajstić information content (AvgIpc) is 3.37. The standard InChI is InChI=1S/C34H31Cl2F3N4O/c1-5-27-30(32(40-4)41-33(44)21(2)3)42-43(29-19-18-26(35)20-28(29)36)31(27)24-14-10-22(11-15-24)8-6-7-9-23-12-16-25(17-13-23)34(37,38)39/h10-21H,5,7,9H2,1-4H3,(H,40,41,44). The zero-order chi connectivity index (χ0) is 32.0. The van der Waals surface area contributed by atoms with Gasteiger partial charge in [-0.3, -0.25) is 9.79 Å². The van der Waals surface area contributed by atoms with E-state index in [0.29, 0.717) is 46.5 Å². The summed E-state index contributed by atoms with van der Waals surface area (Å²) < 4.78 is 40.1. The zero-order valence-corrected chi connectivity index (χ0v) is 26.2. The Hall–Kier alpha value is -4.06. The number of nitrogens with zero attached hydrogens (tertiary/aromatic N) is 3. The van der Waals surface area contributed by atoms with Gasteiger partial charge in [-0.15, -0.1) is 0 Å². The summed E-state index contributed by atoms with van der Waals surface area (Å²) in [6.45, 7) is 5.62. The lowest BCUT2D eigenvalue weighted by Crippen LogP contribution is -2.35. The van der Waals surface area contributed by atoms with Crippen LogP contribution in [0.1, 0.15) is 55.1 Å². The lowest BCUT2D eigenvalue weighted by molar-refractivity contribution is -0.137. The average molecular weight is 640 g/mol. The molecule has 4 aromatic rings. The fourth-order valence-electron chi connectivity index (χ4n) is 4.52. The van der Waals surface area contributed by atoms with Crippen LogP contribution < -0.4 is 5.32 Å². The number of nitrogens with one attached hydrogen (secondary N) is 1. The maximum Gasteiger partial charge on any atom is 0.416 e. The second kappa shape index (κ2) is 14.1. The molecule has 1 heterocycles. The zero-order valence-electron chi connectivity index (χ0n) is 24.7. The lowest BCUT2D eigenvalue weighted by Gasteiger charge is -2.12. The van der Waals surface area contributed by atoms with Crippen LogP contribution >= 0.6 is 23.2 Å². The third-order valence-corrected chi connectivity index (χ3v) is 7.44. The van der Waals surface area contributed by atoms with Gasteiger partial charge in [0.25, 0.3) is 0 Å². The van der Waals surface area contributed by atoms with E-state index >= 15 is 0 Å². The van der Waals surface area contributed by atoms with Gasteiger partial charge in [-0.1, -0.05) is 80.1 Å². The van der Waals surface area contributed by atoms with Crippen LogP contribution in [0.15, 0.2) is 71.7 Å². The molecule has 0 fully saturated rings. The van der Waals surface area contributed by atoms with Gasteiger partial charge in [-0.2, -0.15) is 18.3 Å². The molecule has 0 aliphatic carbocycles. The van der Waals surface area contributed by atoms with Crippen LogP contribution in [0.5, 0.6) is 0 Å². The molecule has 0 spiro atoms. The van der Waals surface area contributed by atoms with Crippen molar-refractivity contribution >= 4 is 34.9 Å². The van der Waals surface area contributed by atoms with Gasteiger partial charge in [-0.05, 0) is 60.9 Å². The van der Waals surface area contributed by atoms with Crippen LogP contribution in [0, 0.1) is 17.8 Å². The minimum absolute atomic E-state index is 0.172. The predicted octanol–water partition coefficient (Wildman–Crippen LogP) is 8.56. The summed E-state index contributed by atoms with van der Waals surface area (Å²) in [7, 11) is 1.61. The molecule has 0 aliphatic heterocycles. The number of aryl methyl sites for hydroxylation is 1. The Labute approximate surface area is 265 Å². The highest BCUT2D eigenvalue weighted by Gasteiger charge is 2.30. The van der Waals surface area contributed by atoms with E-state index in [2.05, 4.69) is 22.2 Å². The summed E-state index contributed by atoms with van der Waals surface area (Å²) in [5.41, 5.74) is 4.58. The van der Waals surface area contributed by atoms with Gasteiger partial charge in [-0.25, -0.2) is 4.68 Å². The molecule has 1 amide bonds. The topological polar surface area (TPSA) is 59.3 Å². The maximum absolute atomic E-state index is 12.8. The quantitative estimate of drug-likeness (QED) is 0.125. The molecular formula is C34H31Cl2F3N4O. The van der Waals surface area contributed by atoms with Crippen molar-refractivity contribution in [2.24, 2.45) is 10.9 Å². The molecule has 1 N–H and O–H groups in total. The molecule has 4 rings (SSSR count). The molecular weight excluding hydrogens is 608 g/mol. The van der Waals surface area contributed by atoms with Crippen LogP contribution in [0.3, 0.4) is 0 Å². The van der Waals surface area contributed by atoms with E-state index < -0.39 is 11.7 Å². The molecule has 0 saturated heterocycles. The van der Waals surface area contributed by atoms with Gasteiger partial charge in [0.1, 0.15) is 5.69 Å². The van der Waals surface area contributed by atoms with Gasteiger partial charge >= 0.3 is 6.18 Å². The fourth-order valence-corrected chi connectivity index (χ4v) is 5.01. The van der Waals surface area contributed by atoms with Crippen molar-refractivity contribution in [3.05, 3.63) is 105 Å². The van der Waals surface area contributed by atoms with Crippen molar-refractivity contribution in [3.8, 4) is 28.8 Å². The number of benzene rings is 3. The van der Waals surface area contributed by atoms with Crippen molar-refractivity contribution in [2.45, 2.75) is 46.2 Å². The van der Waals surface area contributed by atoms with E-state index in [0.717, 1.165) is 40.1 Å². The Bertz CT molecular complexity index is 1730. The molecule has 0 aliphatic rings. The Balaban J connectivity index is 1.65. The number of aliphatic imine (C=N–C) groups is 1. The molecule has 10 heteroatoms. The number of hydrogen-bond donors (Lipinski definition) is 1. The number of carbonyl (C=O) groups excluding carboxylic acids is 1. The van der Waals surface area contributed by atoms with Gasteiger partial charge in [0, 0.05) is 41.1 Å². The first kappa shape index (κ1) is 32.8. The normalized spacial score (nSPS) is 11.8. The molecule has 0 unspecified atom stereocenters. The second-order valence-electron chi connectivity index (χ2n) is 10.3. The number of carbonyl (C=O) groups is 1. The molecule has 44 heavy (non-hydrogen) atoms. The summed E-state index contributed by atoms with van der Waals surface area (Å²) in [5.74, 6) is 6.18. The van der Waals surface area contributed by atoms with Crippen molar-refractivity contribution in [1.29, 1.82) is 0 Å². The lowest BCUT2D eigenvalue weighted by atomic mass is 10.0. The van der Waals surface area contributed by atoms with Crippen molar-refractivity contribution in [1.82, 2.24) is 15.1 Å². The summed E-state index contributed by atoms with van der Waals surface area (Å²) >= 11 is 12.8. The van der Waals surface area contributed by atoms with Crippen LogP contribution in [0.2, 0.25) is 10.0 Å². The fraction of sp³-hybridized carbons (Fsp3) is 0.265. The highest BCUT2D eigenvalue weighted by Crippen LogP contribution is 2.34. The number of rotatable bonds is 7. The number of amidine groups is 1. The summed E-state index contributed by atoms with van der Waals surface area (Å²) in [6.07, 6.45) is -2.71. The smallest absolute Gasteiger partial charge is 0.309 e. The maximum atomic E-state index is 12.8. The van der Waals surface area contributed by atoms with Crippen LogP contribution in [-0.4, -0.2) is 28.6 Å². The largest absolute Gasteiger partial charge is 0.416 e. The van der Waals surface area contributed by atoms with E-state index in [-0.39, 0.29) is 11.8 Å². The molecule has 0 saturated carbocycles. The Morgan fingerprint density at radius 1 is 1.05 bits per heavy atom. The summed E-state index contributed by atoms with van der Waals surface area (Å²) in [4.78, 5) is 16.9. The van der Waals surface area contributed by atoms with Gasteiger partial charge in [0.15, 0.2) is 5.84 Å². The van der Waals surface area contributed by atoms with Crippen molar-refractivity contribution < 1.29 is 18.0 Å². The highest BCUT2D eigenvalue weighted by atomic mass is 35.5. The van der Waals surface area contributed by atoms with Crippen LogP contribution in [0.4, 0.5) is 13.2 Å². The monoisotopic (exact) mass is 638 g/mol. The Kier molecular flexibility index (Phi) is 10.6. The van der Waals surface area contributed by atoms with E-state index in [1.54, 1.807) is 43.8 Å². The second-order valence-corrected chi connectivity index (χ2v) is 11.2. The number of alkyl halides is 3. The first-order valence-corrected chi connectivity index (χ1v) is 14.8. The SMILES string of the molecule is CCc1c(C(=NC)NC(=O)C(C)C)nn(-c2ccc(Cl)cc2Cl)c1-c1ccc(C#CCCc2ccc(C(F)(F)F)cc2)cc1. The Morgan fingerprint density at radius 2 is 1.73 bits per heavy atom. The first-order valence-electron chi connectivity index (χ1n) is 14.0. The van der Waals surface area contributed by atoms with E-state index in [1.807, 2.05) is 31.2 Å². The van der Waals surface area contributed by atoms with Gasteiger partial charge in [0.2, 0.25) is 5.91 Å². The molecule has 3 aromatic carbocycles. The van der Waals surface area contributed by atoms with E-state index in [4.69, 9.17) is 28.3 Å². The van der Waals surface area contributed by atoms with E-state index in [1.165, 1.54) is 12.1 Å². The highest BCUT2D eigenvalue weighted by molar-refractivity contribution is 6.35. The van der Waals surface area contributed by atoms with Crippen molar-refractivity contribution in [3.63, 3.8) is 0 Å². The van der Waals surface area contributed by atoms with Gasteiger partial charge in [0.05, 0.1) is 22.0 Å². The molecule has 1 aromatic heterocycles. The van der Waals surface area contributed by atoms with Crippen LogP contribution in [0.25, 0.3) is 16.9 Å². The summed E-state index contributed by atoms with van der Waals surface area (Å²) in [6, 6.07) is 18.0. The molecule has 228 valence electrons. The number of amides is 1. The minimum atomic E-state index is -4.35. The predicted molar refractivity (Wildman–Crippen MR) is 170 cm³/mol. The molecule has 0 atom stereocenters. The Morgan fingerprint density at radius 3 is 2.30 bits per heavy atom. The summed E-state index contributed by atoms with van der Waals surface area (Å²) in [5, 5.41) is 8.68. The van der Waals surface area contributed by atoms with Crippen LogP contribution in [-0.2, 0) is 23.8 Å².